The number of hydrogen-bond donors (Lipinski definition) is 1. The molecule has 1 N–H and O–H groups in total. The lowest BCUT2D eigenvalue weighted by molar-refractivity contribution is -0.0761. The van der Waals surface area contributed by atoms with Gasteiger partial charge in [-0.3, -0.25) is 0 Å². The Morgan fingerprint density at radius 2 is 2.00 bits per heavy atom. The lowest BCUT2D eigenvalue weighted by Gasteiger charge is -2.27. The molecule has 0 aromatic carbocycles. The second-order valence-corrected chi connectivity index (χ2v) is 7.75. The molecule has 1 aromatic rings. The van der Waals surface area contributed by atoms with Crippen molar-refractivity contribution in [1.82, 2.24) is 10.2 Å². The number of carboxylic acid groups (broad SMARTS) is 1. The van der Waals surface area contributed by atoms with Crippen molar-refractivity contribution >= 4 is 23.5 Å². The summed E-state index contributed by atoms with van der Waals surface area (Å²) in [5.74, 6) is 0.608. The van der Waals surface area contributed by atoms with Crippen molar-refractivity contribution in [3.05, 3.63) is 22.8 Å². The molecule has 0 radical (unpaired) electrons. The molecule has 1 aromatic heterocycles. The van der Waals surface area contributed by atoms with Crippen LogP contribution in [0, 0.1) is 16.7 Å². The molecule has 3 fully saturated rings. The molecule has 0 saturated heterocycles. The van der Waals surface area contributed by atoms with E-state index in [4.69, 9.17) is 26.3 Å². The monoisotopic (exact) mass is 363 g/mol. The third kappa shape index (κ3) is 2.28. The molecule has 3 saturated carbocycles. The van der Waals surface area contributed by atoms with Crippen LogP contribution in [-0.2, 0) is 4.74 Å². The number of hydroxylamine groups is 1. The van der Waals surface area contributed by atoms with Crippen molar-refractivity contribution in [1.29, 1.82) is 0 Å². The van der Waals surface area contributed by atoms with Crippen LogP contribution >= 0.6 is 11.6 Å². The number of nitrogens with zero attached hydrogens (tertiary/aromatic N) is 3. The first-order valence-corrected chi connectivity index (χ1v) is 8.98. The third-order valence-corrected chi connectivity index (χ3v) is 6.53. The van der Waals surface area contributed by atoms with Gasteiger partial charge < -0.3 is 14.7 Å². The molecule has 2 spiro atoms. The molecule has 7 nitrogen and oxygen atoms in total. The first kappa shape index (κ1) is 15.3. The maximum Gasteiger partial charge on any atom is 0.338 e. The number of aromatic carboxylic acids is 1. The van der Waals surface area contributed by atoms with E-state index in [2.05, 4.69) is 10.1 Å². The van der Waals surface area contributed by atoms with E-state index in [1.807, 2.05) is 0 Å². The maximum absolute atomic E-state index is 10.9. The van der Waals surface area contributed by atoms with E-state index in [0.29, 0.717) is 12.4 Å². The number of hydrazone groups is 1. The van der Waals surface area contributed by atoms with Crippen LogP contribution in [0.4, 0.5) is 0 Å². The Hall–Kier alpha value is -2.02. The Balaban J connectivity index is 1.09. The fourth-order valence-electron chi connectivity index (χ4n) is 4.74. The Morgan fingerprint density at radius 1 is 1.32 bits per heavy atom. The predicted octanol–water partition coefficient (Wildman–Crippen LogP) is 2.95. The molecule has 0 amide bonds. The highest BCUT2D eigenvalue weighted by Crippen LogP contribution is 2.93. The van der Waals surface area contributed by atoms with Gasteiger partial charge in [-0.1, -0.05) is 11.6 Å². The molecular formula is C17H18ClN3O4. The van der Waals surface area contributed by atoms with Crippen molar-refractivity contribution < 1.29 is 19.5 Å². The van der Waals surface area contributed by atoms with Crippen LogP contribution < -0.4 is 4.84 Å². The van der Waals surface area contributed by atoms with Crippen LogP contribution in [0.1, 0.15) is 42.5 Å². The fraction of sp³-hybridized carbons (Fsp3) is 0.588. The Bertz CT molecular complexity index is 770. The molecular weight excluding hydrogens is 346 g/mol. The number of carboxylic acids is 1. The fourth-order valence-corrected chi connectivity index (χ4v) is 4.97. The second kappa shape index (κ2) is 5.00. The van der Waals surface area contributed by atoms with Crippen molar-refractivity contribution in [2.45, 2.75) is 32.1 Å². The zero-order valence-corrected chi connectivity index (χ0v) is 14.3. The van der Waals surface area contributed by atoms with Gasteiger partial charge in [0.05, 0.1) is 12.2 Å². The van der Waals surface area contributed by atoms with Crippen LogP contribution in [0.5, 0.6) is 5.88 Å². The van der Waals surface area contributed by atoms with E-state index >= 15 is 0 Å². The van der Waals surface area contributed by atoms with Gasteiger partial charge in [-0.05, 0) is 54.9 Å². The minimum absolute atomic E-state index is 0.0629. The summed E-state index contributed by atoms with van der Waals surface area (Å²) in [6.45, 7) is 1.17. The van der Waals surface area contributed by atoms with Gasteiger partial charge in [0.2, 0.25) is 11.8 Å². The number of pyridine rings is 1. The molecule has 0 bridgehead atoms. The normalized spacial score (nSPS) is 23.9. The first-order chi connectivity index (χ1) is 12.0. The van der Waals surface area contributed by atoms with Gasteiger partial charge in [-0.25, -0.2) is 4.79 Å². The van der Waals surface area contributed by atoms with Crippen LogP contribution in [0.3, 0.4) is 0 Å². The summed E-state index contributed by atoms with van der Waals surface area (Å²) in [5, 5.41) is 14.3. The summed E-state index contributed by atoms with van der Waals surface area (Å²) in [7, 11) is 0. The molecule has 0 unspecified atom stereocenters. The Morgan fingerprint density at radius 3 is 2.56 bits per heavy atom. The summed E-state index contributed by atoms with van der Waals surface area (Å²) in [5.41, 5.74) is 1.38. The van der Waals surface area contributed by atoms with E-state index in [1.54, 1.807) is 0 Å². The summed E-state index contributed by atoms with van der Waals surface area (Å²) in [6.07, 6.45) is 6.84. The summed E-state index contributed by atoms with van der Waals surface area (Å²) < 4.78 is 5.72. The first-order valence-electron chi connectivity index (χ1n) is 8.60. The smallest absolute Gasteiger partial charge is 0.338 e. The van der Waals surface area contributed by atoms with Gasteiger partial charge in [-0.15, -0.1) is 10.3 Å². The summed E-state index contributed by atoms with van der Waals surface area (Å²) >= 11 is 5.81. The molecule has 2 heterocycles. The highest BCUT2D eigenvalue weighted by molar-refractivity contribution is 6.32. The Labute approximate surface area is 149 Å². The number of fused-ring (bicyclic) bond motifs is 1. The number of carbonyl (C=O) groups is 1. The van der Waals surface area contributed by atoms with Gasteiger partial charge in [0.1, 0.15) is 5.15 Å². The van der Waals surface area contributed by atoms with Crippen LogP contribution in [-0.4, -0.2) is 40.3 Å². The minimum atomic E-state index is -1.13. The van der Waals surface area contributed by atoms with Gasteiger partial charge in [0.15, 0.2) is 6.54 Å². The van der Waals surface area contributed by atoms with E-state index in [9.17, 15) is 4.79 Å². The van der Waals surface area contributed by atoms with E-state index in [0.717, 1.165) is 29.8 Å². The van der Waals surface area contributed by atoms with Crippen LogP contribution in [0.15, 0.2) is 17.2 Å². The van der Waals surface area contributed by atoms with E-state index in [-0.39, 0.29) is 16.6 Å². The predicted molar refractivity (Wildman–Crippen MR) is 88.4 cm³/mol. The molecule has 8 heteroatoms. The largest absolute Gasteiger partial charge is 0.478 e. The van der Waals surface area contributed by atoms with Crippen LogP contribution in [0.2, 0.25) is 5.15 Å². The van der Waals surface area contributed by atoms with Gasteiger partial charge in [0.25, 0.3) is 0 Å². The topological polar surface area (TPSA) is 84.2 Å². The number of hydrogen-bond acceptors (Lipinski definition) is 6. The van der Waals surface area contributed by atoms with E-state index < -0.39 is 5.97 Å². The second-order valence-electron chi connectivity index (χ2n) is 7.39. The molecule has 0 atom stereocenters. The van der Waals surface area contributed by atoms with Gasteiger partial charge in [0, 0.05) is 6.07 Å². The quantitative estimate of drug-likeness (QED) is 0.782. The third-order valence-electron chi connectivity index (χ3n) is 6.24. The highest BCUT2D eigenvalue weighted by atomic mass is 35.5. The SMILES string of the molecule is O=C(O)c1ccc(ON2CC(OCCC3C4(CC4)C34CC4)=N2)nc1Cl. The van der Waals surface area contributed by atoms with Crippen molar-refractivity contribution in [3.63, 3.8) is 0 Å². The average molecular weight is 364 g/mol. The summed E-state index contributed by atoms with van der Waals surface area (Å²) in [6, 6.07) is 2.80. The zero-order chi connectivity index (χ0) is 17.2. The number of ether oxygens (including phenoxy) is 1. The minimum Gasteiger partial charge on any atom is -0.478 e. The average Bonchev–Trinajstić information content (AvgIpc) is 3.43. The van der Waals surface area contributed by atoms with Gasteiger partial charge >= 0.3 is 5.97 Å². The molecule has 4 aliphatic rings. The standard InChI is InChI=1S/C17H18ClN3O4/c18-14-10(15(22)23)1-2-12(19-14)25-21-9-13(20-21)24-8-3-11-16(4-5-16)17(11)6-7-17/h1-2,11H,3-9H2,(H,22,23). The zero-order valence-electron chi connectivity index (χ0n) is 13.6. The molecule has 25 heavy (non-hydrogen) atoms. The highest BCUT2D eigenvalue weighted by Gasteiger charge is 2.85. The molecule has 1 aliphatic heterocycles. The lowest BCUT2D eigenvalue weighted by atomic mass is 10.2. The van der Waals surface area contributed by atoms with Crippen molar-refractivity contribution in [2.75, 3.05) is 13.2 Å². The van der Waals surface area contributed by atoms with Crippen LogP contribution in [0.25, 0.3) is 0 Å². The van der Waals surface area contributed by atoms with Crippen molar-refractivity contribution in [2.24, 2.45) is 21.8 Å². The lowest BCUT2D eigenvalue weighted by Crippen LogP contribution is -2.40. The molecule has 3 aliphatic carbocycles. The number of halogens is 1. The van der Waals surface area contributed by atoms with Gasteiger partial charge in [-0.2, -0.15) is 4.98 Å². The van der Waals surface area contributed by atoms with Crippen molar-refractivity contribution in [3.8, 4) is 5.88 Å². The van der Waals surface area contributed by atoms with E-state index in [1.165, 1.54) is 43.0 Å². The molecule has 5 rings (SSSR count). The number of aromatic nitrogens is 1. The number of rotatable bonds is 6. The molecule has 132 valence electrons. The Kier molecular flexibility index (Phi) is 3.05. The summed E-state index contributed by atoms with van der Waals surface area (Å²) in [4.78, 5) is 20.2. The maximum atomic E-state index is 10.9.